The Bertz CT molecular complexity index is 1270. The van der Waals surface area contributed by atoms with Gasteiger partial charge in [-0.15, -0.1) is 0 Å². The summed E-state index contributed by atoms with van der Waals surface area (Å²) >= 11 is 16.1. The first-order valence-corrected chi connectivity index (χ1v) is 11.7. The van der Waals surface area contributed by atoms with Crippen molar-refractivity contribution in [1.29, 1.82) is 0 Å². The molecule has 1 heterocycles. The lowest BCUT2D eigenvalue weighted by Gasteiger charge is -2.15. The van der Waals surface area contributed by atoms with Gasteiger partial charge >= 0.3 is 5.97 Å². The van der Waals surface area contributed by atoms with Gasteiger partial charge in [-0.3, -0.25) is 4.79 Å². The van der Waals surface area contributed by atoms with Crippen molar-refractivity contribution in [3.8, 4) is 5.75 Å². The predicted octanol–water partition coefficient (Wildman–Crippen LogP) is 5.80. The van der Waals surface area contributed by atoms with Crippen LogP contribution in [0.1, 0.15) is 44.5 Å². The maximum Gasteiger partial charge on any atom is 0.346 e. The number of methoxy groups -OCH3 is 1. The van der Waals surface area contributed by atoms with Crippen LogP contribution < -0.4 is 10.3 Å². The van der Waals surface area contributed by atoms with E-state index in [1.807, 2.05) is 19.9 Å². The van der Waals surface area contributed by atoms with Crippen molar-refractivity contribution >= 4 is 62.2 Å². The van der Waals surface area contributed by atoms with Crippen molar-refractivity contribution < 1.29 is 14.3 Å². The second-order valence-electron chi connectivity index (χ2n) is 7.40. The van der Waals surface area contributed by atoms with Crippen molar-refractivity contribution in [2.75, 3.05) is 7.11 Å². The molecule has 2 atom stereocenters. The molecule has 0 fully saturated rings. The first-order chi connectivity index (χ1) is 15.7. The topological polar surface area (TPSA) is 82.8 Å². The van der Waals surface area contributed by atoms with Crippen LogP contribution in [0, 0.1) is 0 Å². The van der Waals surface area contributed by atoms with Crippen molar-refractivity contribution in [1.82, 2.24) is 9.66 Å². The van der Waals surface area contributed by atoms with Crippen molar-refractivity contribution in [2.45, 2.75) is 39.2 Å². The fourth-order valence-corrected chi connectivity index (χ4v) is 4.02. The summed E-state index contributed by atoms with van der Waals surface area (Å²) in [5, 5.41) is 5.24. The molecule has 0 aliphatic carbocycles. The maximum absolute atomic E-state index is 13.2. The molecule has 0 amide bonds. The minimum Gasteiger partial charge on any atom is -0.476 e. The highest BCUT2D eigenvalue weighted by molar-refractivity contribution is 9.10. The second-order valence-corrected chi connectivity index (χ2v) is 9.13. The molecule has 0 saturated carbocycles. The predicted molar refractivity (Wildman–Crippen MR) is 134 cm³/mol. The van der Waals surface area contributed by atoms with E-state index >= 15 is 0 Å². The monoisotopic (exact) mass is 553 g/mol. The quantitative estimate of drug-likeness (QED) is 0.272. The average Bonchev–Trinajstić information content (AvgIpc) is 2.79. The van der Waals surface area contributed by atoms with Crippen LogP contribution in [0.15, 0.2) is 44.7 Å². The van der Waals surface area contributed by atoms with Crippen LogP contribution in [0.3, 0.4) is 0 Å². The van der Waals surface area contributed by atoms with Crippen LogP contribution in [0.2, 0.25) is 10.0 Å². The number of esters is 1. The van der Waals surface area contributed by atoms with E-state index in [0.717, 1.165) is 10.9 Å². The Kier molecular flexibility index (Phi) is 8.15. The lowest BCUT2D eigenvalue weighted by atomic mass is 10.1. The van der Waals surface area contributed by atoms with Crippen LogP contribution in [-0.2, 0) is 9.53 Å². The van der Waals surface area contributed by atoms with Gasteiger partial charge in [-0.1, -0.05) is 53.0 Å². The molecule has 0 bridgehead atoms. The SMILES string of the molecule is CC[C@@H](C)c1nc2ccc(Br)cc2c(=O)n1N=Cc1cc(Cl)c(O[C@@H](C)C(=O)OC)c(Cl)c1. The van der Waals surface area contributed by atoms with Crippen molar-refractivity contribution in [2.24, 2.45) is 5.10 Å². The molecule has 0 N–H and O–H groups in total. The standard InChI is InChI=1S/C23H22BrCl2N3O4/c1-5-12(2)21-28-19-7-6-15(24)10-16(19)22(30)29(21)27-11-14-8-17(25)20(18(26)9-14)33-13(3)23(31)32-4/h6-13H,5H2,1-4H3/t12-,13+/m1/s1. The van der Waals surface area contributed by atoms with E-state index in [0.29, 0.717) is 22.3 Å². The molecule has 0 unspecified atom stereocenters. The number of aromatic nitrogens is 2. The Morgan fingerprint density at radius 1 is 1.24 bits per heavy atom. The van der Waals surface area contributed by atoms with E-state index in [-0.39, 0.29) is 27.3 Å². The molecule has 0 radical (unpaired) electrons. The van der Waals surface area contributed by atoms with Gasteiger partial charge in [-0.25, -0.2) is 9.78 Å². The van der Waals surface area contributed by atoms with Crippen LogP contribution in [0.4, 0.5) is 0 Å². The summed E-state index contributed by atoms with van der Waals surface area (Å²) in [7, 11) is 1.26. The highest BCUT2D eigenvalue weighted by Crippen LogP contribution is 2.34. The number of rotatable bonds is 7. The molecule has 3 rings (SSSR count). The van der Waals surface area contributed by atoms with E-state index in [4.69, 9.17) is 27.9 Å². The fraction of sp³-hybridized carbons (Fsp3) is 0.304. The number of ether oxygens (including phenoxy) is 2. The lowest BCUT2D eigenvalue weighted by molar-refractivity contribution is -0.147. The van der Waals surface area contributed by atoms with Gasteiger partial charge in [-0.2, -0.15) is 9.78 Å². The molecule has 1 aromatic heterocycles. The number of carbonyl (C=O) groups is 1. The van der Waals surface area contributed by atoms with Gasteiger partial charge in [0.1, 0.15) is 5.82 Å². The minimum atomic E-state index is -0.885. The lowest BCUT2D eigenvalue weighted by Crippen LogP contribution is -2.25. The molecule has 10 heteroatoms. The molecule has 0 saturated heterocycles. The number of fused-ring (bicyclic) bond motifs is 1. The van der Waals surface area contributed by atoms with E-state index in [1.54, 1.807) is 24.3 Å². The molecule has 7 nitrogen and oxygen atoms in total. The molecule has 2 aromatic carbocycles. The number of nitrogens with zero attached hydrogens (tertiary/aromatic N) is 3. The molecule has 0 aliphatic rings. The van der Waals surface area contributed by atoms with Crippen LogP contribution in [0.5, 0.6) is 5.75 Å². The van der Waals surface area contributed by atoms with Gasteiger partial charge in [-0.05, 0) is 49.2 Å². The third kappa shape index (κ3) is 5.57. The van der Waals surface area contributed by atoms with Crippen LogP contribution >= 0.6 is 39.1 Å². The Balaban J connectivity index is 2.04. The molecular weight excluding hydrogens is 533 g/mol. The second kappa shape index (κ2) is 10.7. The summed E-state index contributed by atoms with van der Waals surface area (Å²) in [5.74, 6) is 0.159. The molecule has 3 aromatic rings. The van der Waals surface area contributed by atoms with Crippen LogP contribution in [0.25, 0.3) is 10.9 Å². The summed E-state index contributed by atoms with van der Waals surface area (Å²) in [6, 6.07) is 8.52. The number of hydrogen-bond acceptors (Lipinski definition) is 6. The number of carbonyl (C=O) groups excluding carboxylic acids is 1. The first kappa shape index (κ1) is 25.2. The van der Waals surface area contributed by atoms with Crippen LogP contribution in [-0.4, -0.2) is 35.1 Å². The summed E-state index contributed by atoms with van der Waals surface area (Å²) in [6.45, 7) is 5.53. The highest BCUT2D eigenvalue weighted by Gasteiger charge is 2.19. The average molecular weight is 555 g/mol. The molecule has 33 heavy (non-hydrogen) atoms. The Hall–Kier alpha value is -2.42. The van der Waals surface area contributed by atoms with E-state index in [2.05, 4.69) is 30.8 Å². The zero-order chi connectivity index (χ0) is 24.3. The third-order valence-corrected chi connectivity index (χ3v) is 6.11. The minimum absolute atomic E-state index is 0.00524. The summed E-state index contributed by atoms with van der Waals surface area (Å²) in [5.41, 5.74) is 0.869. The normalized spacial score (nSPS) is 13.3. The van der Waals surface area contributed by atoms with E-state index in [1.165, 1.54) is 24.9 Å². The number of benzene rings is 2. The Morgan fingerprint density at radius 2 is 1.91 bits per heavy atom. The number of hydrogen-bond donors (Lipinski definition) is 0. The van der Waals surface area contributed by atoms with Gasteiger partial charge < -0.3 is 9.47 Å². The Labute approximate surface area is 209 Å². The summed E-state index contributed by atoms with van der Waals surface area (Å²) < 4.78 is 12.3. The fourth-order valence-electron chi connectivity index (χ4n) is 3.06. The summed E-state index contributed by atoms with van der Waals surface area (Å²) in [4.78, 5) is 29.5. The smallest absolute Gasteiger partial charge is 0.346 e. The highest BCUT2D eigenvalue weighted by atomic mass is 79.9. The first-order valence-electron chi connectivity index (χ1n) is 10.2. The largest absolute Gasteiger partial charge is 0.476 e. The molecule has 174 valence electrons. The zero-order valence-electron chi connectivity index (χ0n) is 18.4. The molecular formula is C23H22BrCl2N3O4. The third-order valence-electron chi connectivity index (χ3n) is 5.06. The maximum atomic E-state index is 13.2. The van der Waals surface area contributed by atoms with Crippen molar-refractivity contribution in [3.63, 3.8) is 0 Å². The molecule has 0 aliphatic heterocycles. The van der Waals surface area contributed by atoms with Gasteiger partial charge in [0.05, 0.1) is 34.3 Å². The molecule has 0 spiro atoms. The van der Waals surface area contributed by atoms with Gasteiger partial charge in [0.25, 0.3) is 5.56 Å². The van der Waals surface area contributed by atoms with Gasteiger partial charge in [0.2, 0.25) is 0 Å². The van der Waals surface area contributed by atoms with Crippen molar-refractivity contribution in [3.05, 3.63) is 66.6 Å². The van der Waals surface area contributed by atoms with Gasteiger partial charge in [0.15, 0.2) is 11.9 Å². The zero-order valence-corrected chi connectivity index (χ0v) is 21.5. The number of halogens is 3. The van der Waals surface area contributed by atoms with E-state index in [9.17, 15) is 9.59 Å². The van der Waals surface area contributed by atoms with Gasteiger partial charge in [0, 0.05) is 10.4 Å². The van der Waals surface area contributed by atoms with E-state index < -0.39 is 12.1 Å². The summed E-state index contributed by atoms with van der Waals surface area (Å²) in [6.07, 6.45) is 1.38. The Morgan fingerprint density at radius 3 is 2.52 bits per heavy atom.